The van der Waals surface area contributed by atoms with Gasteiger partial charge in [-0.3, -0.25) is 0 Å². The van der Waals surface area contributed by atoms with E-state index in [1.54, 1.807) is 7.11 Å². The maximum absolute atomic E-state index is 5.53. The Morgan fingerprint density at radius 2 is 2.33 bits per heavy atom. The third-order valence-electron chi connectivity index (χ3n) is 2.36. The number of nitrogen functional groups attached to an aromatic ring is 1. The molecule has 15 heavy (non-hydrogen) atoms. The van der Waals surface area contributed by atoms with Crippen LogP contribution >= 0.6 is 0 Å². The van der Waals surface area contributed by atoms with Crippen LogP contribution in [0.25, 0.3) is 0 Å². The average molecular weight is 209 g/mol. The van der Waals surface area contributed by atoms with Gasteiger partial charge in [0.1, 0.15) is 6.33 Å². The highest BCUT2D eigenvalue weighted by Crippen LogP contribution is 2.29. The monoisotopic (exact) mass is 209 g/mol. The van der Waals surface area contributed by atoms with E-state index in [9.17, 15) is 0 Å². The Morgan fingerprint density at radius 1 is 1.53 bits per heavy atom. The number of nitrogens with two attached hydrogens (primary N) is 1. The van der Waals surface area contributed by atoms with Crippen LogP contribution in [0, 0.1) is 0 Å². The fraction of sp³-hybridized carbons (Fsp3) is 0.667. The van der Waals surface area contributed by atoms with Gasteiger partial charge in [-0.2, -0.15) is 4.98 Å². The summed E-state index contributed by atoms with van der Waals surface area (Å²) in [5, 5.41) is 0. The van der Waals surface area contributed by atoms with Crippen LogP contribution in [0.5, 0.6) is 0 Å². The zero-order valence-electron chi connectivity index (χ0n) is 8.76. The van der Waals surface area contributed by atoms with Gasteiger partial charge in [0, 0.05) is 19.7 Å². The van der Waals surface area contributed by atoms with Crippen LogP contribution < -0.4 is 10.6 Å². The predicted octanol–water partition coefficient (Wildman–Crippen LogP) is 0.0690. The maximum atomic E-state index is 5.53. The molecule has 2 N–H and O–H groups in total. The number of rotatable bonds is 5. The summed E-state index contributed by atoms with van der Waals surface area (Å²) in [7, 11) is 1.69. The second-order valence-electron chi connectivity index (χ2n) is 3.56. The third kappa shape index (κ3) is 2.53. The molecule has 0 aromatic carbocycles. The highest BCUT2D eigenvalue weighted by molar-refractivity contribution is 5.36. The molecule has 0 spiro atoms. The van der Waals surface area contributed by atoms with Gasteiger partial charge in [-0.15, -0.1) is 0 Å². The molecule has 2 rings (SSSR count). The first-order chi connectivity index (χ1) is 7.31. The smallest absolute Gasteiger partial charge is 0.230 e. The van der Waals surface area contributed by atoms with Crippen molar-refractivity contribution in [3.63, 3.8) is 0 Å². The highest BCUT2D eigenvalue weighted by atomic mass is 16.5. The molecular formula is C9H15N5O. The number of methoxy groups -OCH3 is 1. The Hall–Kier alpha value is -1.43. The lowest BCUT2D eigenvalue weighted by molar-refractivity contribution is 0.204. The fourth-order valence-electron chi connectivity index (χ4n) is 1.46. The molecule has 0 atom stereocenters. The van der Waals surface area contributed by atoms with E-state index in [1.807, 2.05) is 0 Å². The summed E-state index contributed by atoms with van der Waals surface area (Å²) in [6.45, 7) is 1.46. The van der Waals surface area contributed by atoms with Gasteiger partial charge in [-0.05, 0) is 12.8 Å². The lowest BCUT2D eigenvalue weighted by atomic mass is 10.5. The molecule has 6 nitrogen and oxygen atoms in total. The van der Waals surface area contributed by atoms with E-state index in [0.717, 1.165) is 6.54 Å². The van der Waals surface area contributed by atoms with Crippen LogP contribution in [-0.2, 0) is 4.74 Å². The normalized spacial score (nSPS) is 15.3. The quantitative estimate of drug-likeness (QED) is 0.739. The molecule has 0 saturated heterocycles. The first-order valence-corrected chi connectivity index (χ1v) is 5.01. The van der Waals surface area contributed by atoms with Crippen molar-refractivity contribution in [2.75, 3.05) is 30.9 Å². The second-order valence-corrected chi connectivity index (χ2v) is 3.56. The average Bonchev–Trinajstić information content (AvgIpc) is 3.03. The zero-order valence-corrected chi connectivity index (χ0v) is 8.76. The molecule has 0 amide bonds. The first-order valence-electron chi connectivity index (χ1n) is 5.01. The number of aromatic nitrogens is 3. The summed E-state index contributed by atoms with van der Waals surface area (Å²) in [5.74, 6) is 0.921. The summed E-state index contributed by atoms with van der Waals surface area (Å²) in [6.07, 6.45) is 3.82. The lowest BCUT2D eigenvalue weighted by Gasteiger charge is -2.21. The van der Waals surface area contributed by atoms with Crippen molar-refractivity contribution in [3.8, 4) is 0 Å². The van der Waals surface area contributed by atoms with E-state index >= 15 is 0 Å². The van der Waals surface area contributed by atoms with E-state index in [-0.39, 0.29) is 5.95 Å². The standard InChI is InChI=1S/C9H15N5O/c1-15-5-4-14(7-2-3-7)9-12-6-11-8(10)13-9/h6-7H,2-5H2,1H3,(H2,10,11,12,13). The fourth-order valence-corrected chi connectivity index (χ4v) is 1.46. The first kappa shape index (κ1) is 10.1. The topological polar surface area (TPSA) is 77.2 Å². The van der Waals surface area contributed by atoms with Crippen LogP contribution in [0.2, 0.25) is 0 Å². The molecule has 0 radical (unpaired) electrons. The van der Waals surface area contributed by atoms with Gasteiger partial charge in [-0.25, -0.2) is 9.97 Å². The van der Waals surface area contributed by atoms with Gasteiger partial charge in [-0.1, -0.05) is 0 Å². The van der Waals surface area contributed by atoms with E-state index in [2.05, 4.69) is 19.9 Å². The Balaban J connectivity index is 2.09. The molecule has 1 aliphatic rings. The van der Waals surface area contributed by atoms with Crippen molar-refractivity contribution in [3.05, 3.63) is 6.33 Å². The van der Waals surface area contributed by atoms with Crippen LogP contribution in [0.1, 0.15) is 12.8 Å². The van der Waals surface area contributed by atoms with Gasteiger partial charge in [0.25, 0.3) is 0 Å². The minimum absolute atomic E-state index is 0.267. The molecule has 1 aromatic rings. The molecule has 6 heteroatoms. The maximum Gasteiger partial charge on any atom is 0.230 e. The van der Waals surface area contributed by atoms with Gasteiger partial charge in [0.15, 0.2) is 0 Å². The summed E-state index contributed by atoms with van der Waals surface area (Å²) in [5.41, 5.74) is 5.53. The third-order valence-corrected chi connectivity index (χ3v) is 2.36. The Morgan fingerprint density at radius 3 is 2.93 bits per heavy atom. The SMILES string of the molecule is COCCN(c1ncnc(N)n1)C1CC1. The van der Waals surface area contributed by atoms with Crippen molar-refractivity contribution in [1.82, 2.24) is 15.0 Å². The van der Waals surface area contributed by atoms with E-state index in [1.165, 1.54) is 19.2 Å². The Kier molecular flexibility index (Phi) is 2.96. The van der Waals surface area contributed by atoms with Crippen molar-refractivity contribution < 1.29 is 4.74 Å². The van der Waals surface area contributed by atoms with Gasteiger partial charge in [0.05, 0.1) is 6.61 Å². The van der Waals surface area contributed by atoms with Gasteiger partial charge >= 0.3 is 0 Å². The lowest BCUT2D eigenvalue weighted by Crippen LogP contribution is -2.31. The number of hydrogen-bond acceptors (Lipinski definition) is 6. The van der Waals surface area contributed by atoms with Crippen molar-refractivity contribution in [2.45, 2.75) is 18.9 Å². The molecule has 0 unspecified atom stereocenters. The number of ether oxygens (including phenoxy) is 1. The predicted molar refractivity (Wildman–Crippen MR) is 56.5 cm³/mol. The van der Waals surface area contributed by atoms with E-state index in [0.29, 0.717) is 18.6 Å². The molecule has 0 aliphatic heterocycles. The molecule has 1 fully saturated rings. The molecule has 82 valence electrons. The largest absolute Gasteiger partial charge is 0.383 e. The summed E-state index contributed by atoms with van der Waals surface area (Å²) in [4.78, 5) is 14.1. The van der Waals surface area contributed by atoms with Crippen molar-refractivity contribution in [1.29, 1.82) is 0 Å². The van der Waals surface area contributed by atoms with E-state index < -0.39 is 0 Å². The summed E-state index contributed by atoms with van der Waals surface area (Å²) < 4.78 is 5.06. The summed E-state index contributed by atoms with van der Waals surface area (Å²) in [6, 6.07) is 0.543. The number of hydrogen-bond donors (Lipinski definition) is 1. The highest BCUT2D eigenvalue weighted by Gasteiger charge is 2.30. The van der Waals surface area contributed by atoms with Crippen LogP contribution in [0.3, 0.4) is 0 Å². The van der Waals surface area contributed by atoms with Crippen LogP contribution in [0.15, 0.2) is 6.33 Å². The van der Waals surface area contributed by atoms with Gasteiger partial charge < -0.3 is 15.4 Å². The van der Waals surface area contributed by atoms with Crippen molar-refractivity contribution in [2.24, 2.45) is 0 Å². The summed E-state index contributed by atoms with van der Waals surface area (Å²) >= 11 is 0. The minimum Gasteiger partial charge on any atom is -0.383 e. The molecule has 0 bridgehead atoms. The van der Waals surface area contributed by atoms with Crippen LogP contribution in [0.4, 0.5) is 11.9 Å². The molecule has 1 aliphatic carbocycles. The molecular weight excluding hydrogens is 194 g/mol. The minimum atomic E-state index is 0.267. The Bertz CT molecular complexity index is 328. The van der Waals surface area contributed by atoms with E-state index in [4.69, 9.17) is 10.5 Å². The second kappa shape index (κ2) is 4.39. The molecule has 1 heterocycles. The number of anilines is 2. The van der Waals surface area contributed by atoms with Crippen molar-refractivity contribution >= 4 is 11.9 Å². The number of nitrogens with zero attached hydrogens (tertiary/aromatic N) is 4. The van der Waals surface area contributed by atoms with Gasteiger partial charge in [0.2, 0.25) is 11.9 Å². The zero-order chi connectivity index (χ0) is 10.7. The Labute approximate surface area is 88.5 Å². The molecule has 1 saturated carbocycles. The molecule has 1 aromatic heterocycles. The van der Waals surface area contributed by atoms with Crippen LogP contribution in [-0.4, -0.2) is 41.3 Å².